The average Bonchev–Trinajstić information content (AvgIpc) is 2.98. The van der Waals surface area contributed by atoms with E-state index in [1.165, 1.54) is 29.2 Å². The van der Waals surface area contributed by atoms with Crippen molar-refractivity contribution < 1.29 is 22.4 Å². The van der Waals surface area contributed by atoms with Crippen LogP contribution in [0.4, 0.5) is 10.1 Å². The van der Waals surface area contributed by atoms with Gasteiger partial charge in [0.05, 0.1) is 10.6 Å². The fraction of sp³-hybridized carbons (Fsp3) is 0.257. The zero-order chi connectivity index (χ0) is 31.9. The lowest BCUT2D eigenvalue weighted by molar-refractivity contribution is -0.140. The van der Waals surface area contributed by atoms with Crippen molar-refractivity contribution in [2.75, 3.05) is 10.8 Å². The largest absolute Gasteiger partial charge is 0.352 e. The fourth-order valence-corrected chi connectivity index (χ4v) is 6.48. The lowest BCUT2D eigenvalue weighted by Crippen LogP contribution is -2.54. The maximum atomic E-state index is 14.4. The number of carbonyl (C=O) groups is 2. The lowest BCUT2D eigenvalue weighted by Gasteiger charge is -2.34. The standard InChI is InChI=1S/C35H38FN3O4S/c1-25(2)37-35(41)33(22-28-11-7-5-8-12-28)38(23-29-15-17-30(36)18-16-29)34(40)24-39(31-20-26(3)19-27(4)21-31)44(42,43)32-13-9-6-10-14-32/h5-21,25,33H,22-24H2,1-4H3,(H,37,41)/t33-/m1/s1. The Morgan fingerprint density at radius 3 is 1.93 bits per heavy atom. The highest BCUT2D eigenvalue weighted by Crippen LogP contribution is 2.27. The first-order valence-electron chi connectivity index (χ1n) is 14.5. The molecule has 0 bridgehead atoms. The highest BCUT2D eigenvalue weighted by molar-refractivity contribution is 7.92. The summed E-state index contributed by atoms with van der Waals surface area (Å²) in [5.74, 6) is -1.38. The molecule has 0 aliphatic heterocycles. The van der Waals surface area contributed by atoms with Crippen LogP contribution >= 0.6 is 0 Å². The molecule has 0 unspecified atom stereocenters. The topological polar surface area (TPSA) is 86.8 Å². The van der Waals surface area contributed by atoms with Gasteiger partial charge in [0, 0.05) is 19.0 Å². The molecule has 0 aliphatic carbocycles. The molecular weight excluding hydrogens is 577 g/mol. The lowest BCUT2D eigenvalue weighted by atomic mass is 10.0. The third-order valence-corrected chi connectivity index (χ3v) is 8.86. The van der Waals surface area contributed by atoms with Crippen LogP contribution < -0.4 is 9.62 Å². The molecule has 4 rings (SSSR count). The molecule has 0 saturated heterocycles. The molecule has 0 aromatic heterocycles. The molecule has 0 aliphatic rings. The van der Waals surface area contributed by atoms with E-state index < -0.39 is 34.3 Å². The van der Waals surface area contributed by atoms with E-state index in [1.54, 1.807) is 42.5 Å². The van der Waals surface area contributed by atoms with Gasteiger partial charge in [-0.1, -0.05) is 66.7 Å². The molecule has 1 atom stereocenters. The number of halogens is 1. The zero-order valence-corrected chi connectivity index (χ0v) is 26.2. The molecule has 4 aromatic rings. The van der Waals surface area contributed by atoms with Crippen LogP contribution in [0.15, 0.2) is 108 Å². The summed E-state index contributed by atoms with van der Waals surface area (Å²) in [6.07, 6.45) is 0.196. The van der Waals surface area contributed by atoms with Crippen LogP contribution in [0.1, 0.15) is 36.1 Å². The van der Waals surface area contributed by atoms with Crippen LogP contribution in [-0.4, -0.2) is 43.8 Å². The number of nitrogens with zero attached hydrogens (tertiary/aromatic N) is 2. The summed E-state index contributed by atoms with van der Waals surface area (Å²) in [5, 5.41) is 2.92. The van der Waals surface area contributed by atoms with Gasteiger partial charge in [0.25, 0.3) is 10.0 Å². The summed E-state index contributed by atoms with van der Waals surface area (Å²) in [6, 6.07) is 27.1. The Hall–Kier alpha value is -4.50. The number of sulfonamides is 1. The van der Waals surface area contributed by atoms with Crippen molar-refractivity contribution >= 4 is 27.5 Å². The first-order chi connectivity index (χ1) is 20.9. The predicted octanol–water partition coefficient (Wildman–Crippen LogP) is 5.80. The second kappa shape index (κ2) is 14.3. The molecule has 0 saturated carbocycles. The summed E-state index contributed by atoms with van der Waals surface area (Å²) >= 11 is 0. The van der Waals surface area contributed by atoms with Gasteiger partial charge >= 0.3 is 0 Å². The normalized spacial score (nSPS) is 12.0. The van der Waals surface area contributed by atoms with E-state index in [2.05, 4.69) is 5.32 Å². The Kier molecular flexibility index (Phi) is 10.5. The first kappa shape index (κ1) is 32.4. The van der Waals surface area contributed by atoms with Crippen molar-refractivity contribution in [2.24, 2.45) is 0 Å². The van der Waals surface area contributed by atoms with Crippen LogP contribution in [0.2, 0.25) is 0 Å². The maximum absolute atomic E-state index is 14.4. The number of anilines is 1. The van der Waals surface area contributed by atoms with Gasteiger partial charge in [-0.15, -0.1) is 0 Å². The van der Waals surface area contributed by atoms with Gasteiger partial charge in [-0.2, -0.15) is 0 Å². The highest BCUT2D eigenvalue weighted by atomic mass is 32.2. The van der Waals surface area contributed by atoms with E-state index in [-0.39, 0.29) is 29.8 Å². The molecule has 0 spiro atoms. The summed E-state index contributed by atoms with van der Waals surface area (Å²) < 4.78 is 43.1. The molecule has 2 amide bonds. The van der Waals surface area contributed by atoms with Crippen molar-refractivity contribution in [3.8, 4) is 0 Å². The van der Waals surface area contributed by atoms with E-state index >= 15 is 0 Å². The van der Waals surface area contributed by atoms with Crippen LogP contribution in [0.5, 0.6) is 0 Å². The number of nitrogens with one attached hydrogen (secondary N) is 1. The first-order valence-corrected chi connectivity index (χ1v) is 15.9. The summed E-state index contributed by atoms with van der Waals surface area (Å²) in [4.78, 5) is 29.6. The van der Waals surface area contributed by atoms with Gasteiger partial charge in [0.15, 0.2) is 0 Å². The second-order valence-corrected chi connectivity index (χ2v) is 13.0. The van der Waals surface area contributed by atoms with Crippen molar-refractivity contribution in [1.82, 2.24) is 10.2 Å². The van der Waals surface area contributed by atoms with E-state index in [4.69, 9.17) is 0 Å². The van der Waals surface area contributed by atoms with Crippen LogP contribution in [-0.2, 0) is 32.6 Å². The Balaban J connectivity index is 1.82. The molecule has 9 heteroatoms. The Labute approximate surface area is 259 Å². The minimum absolute atomic E-state index is 0.0335. The Morgan fingerprint density at radius 1 is 0.795 bits per heavy atom. The number of aryl methyl sites for hydroxylation is 2. The van der Waals surface area contributed by atoms with Gasteiger partial charge in [-0.05, 0) is 86.3 Å². The Bertz CT molecular complexity index is 1660. The summed E-state index contributed by atoms with van der Waals surface area (Å²) in [5.41, 5.74) is 3.44. The van der Waals surface area contributed by atoms with Gasteiger partial charge in [-0.3, -0.25) is 13.9 Å². The molecule has 230 valence electrons. The van der Waals surface area contributed by atoms with Gasteiger partial charge in [-0.25, -0.2) is 12.8 Å². The minimum Gasteiger partial charge on any atom is -0.352 e. The van der Waals surface area contributed by atoms with Crippen molar-refractivity contribution in [1.29, 1.82) is 0 Å². The van der Waals surface area contributed by atoms with E-state index in [1.807, 2.05) is 64.1 Å². The SMILES string of the molecule is Cc1cc(C)cc(N(CC(=O)N(Cc2ccc(F)cc2)[C@H](Cc2ccccc2)C(=O)NC(C)C)S(=O)(=O)c2ccccc2)c1. The van der Waals surface area contributed by atoms with Crippen LogP contribution in [0, 0.1) is 19.7 Å². The number of hydrogen-bond donors (Lipinski definition) is 1. The van der Waals surface area contributed by atoms with E-state index in [9.17, 15) is 22.4 Å². The second-order valence-electron chi connectivity index (χ2n) is 11.2. The van der Waals surface area contributed by atoms with E-state index in [0.717, 1.165) is 21.0 Å². The number of amides is 2. The quantitative estimate of drug-likeness (QED) is 0.218. The molecule has 0 heterocycles. The number of rotatable bonds is 12. The van der Waals surface area contributed by atoms with Crippen molar-refractivity contribution in [2.45, 2.75) is 57.6 Å². The number of benzene rings is 4. The van der Waals surface area contributed by atoms with Gasteiger partial charge in [0.1, 0.15) is 18.4 Å². The molecule has 0 fully saturated rings. The predicted molar refractivity (Wildman–Crippen MR) is 171 cm³/mol. The van der Waals surface area contributed by atoms with Gasteiger partial charge in [0.2, 0.25) is 11.8 Å². The molecular formula is C35H38FN3O4S. The smallest absolute Gasteiger partial charge is 0.264 e. The summed E-state index contributed by atoms with van der Waals surface area (Å²) in [7, 11) is -4.18. The molecule has 4 aromatic carbocycles. The minimum atomic E-state index is -4.18. The highest BCUT2D eigenvalue weighted by Gasteiger charge is 2.35. The third-order valence-electron chi connectivity index (χ3n) is 7.07. The fourth-order valence-electron chi connectivity index (χ4n) is 5.06. The Morgan fingerprint density at radius 2 is 1.36 bits per heavy atom. The molecule has 0 radical (unpaired) electrons. The van der Waals surface area contributed by atoms with Crippen LogP contribution in [0.3, 0.4) is 0 Å². The third kappa shape index (κ3) is 8.32. The zero-order valence-electron chi connectivity index (χ0n) is 25.4. The molecule has 7 nitrogen and oxygen atoms in total. The molecule has 44 heavy (non-hydrogen) atoms. The number of hydrogen-bond acceptors (Lipinski definition) is 4. The van der Waals surface area contributed by atoms with Crippen molar-refractivity contribution in [3.63, 3.8) is 0 Å². The molecule has 1 N–H and O–H groups in total. The maximum Gasteiger partial charge on any atom is 0.264 e. The number of carbonyl (C=O) groups excluding carboxylic acids is 2. The average molecular weight is 616 g/mol. The monoisotopic (exact) mass is 615 g/mol. The van der Waals surface area contributed by atoms with Crippen molar-refractivity contribution in [3.05, 3.63) is 131 Å². The van der Waals surface area contributed by atoms with Gasteiger partial charge < -0.3 is 10.2 Å². The van der Waals surface area contributed by atoms with E-state index in [0.29, 0.717) is 11.3 Å². The van der Waals surface area contributed by atoms with Crippen LogP contribution in [0.25, 0.3) is 0 Å². The summed E-state index contributed by atoms with van der Waals surface area (Å²) in [6.45, 7) is 6.79.